The zero-order chi connectivity index (χ0) is 12.1. The van der Waals surface area contributed by atoms with Crippen molar-refractivity contribution in [2.75, 3.05) is 14.2 Å². The van der Waals surface area contributed by atoms with Crippen molar-refractivity contribution in [2.24, 2.45) is 10.2 Å². The summed E-state index contributed by atoms with van der Waals surface area (Å²) < 4.78 is 10.5. The van der Waals surface area contributed by atoms with Crippen LogP contribution in [0.2, 0.25) is 0 Å². The van der Waals surface area contributed by atoms with Crippen LogP contribution in [0, 0.1) is 0 Å². The van der Waals surface area contributed by atoms with Crippen LogP contribution in [0.3, 0.4) is 0 Å². The van der Waals surface area contributed by atoms with Crippen molar-refractivity contribution in [3.63, 3.8) is 0 Å². The third kappa shape index (κ3) is 6.57. The Kier molecular flexibility index (Phi) is 5.38. The molecule has 1 unspecified atom stereocenters. The van der Waals surface area contributed by atoms with Crippen LogP contribution in [0.25, 0.3) is 0 Å². The van der Waals surface area contributed by atoms with Crippen molar-refractivity contribution in [1.29, 1.82) is 0 Å². The maximum atomic E-state index is 5.33. The van der Waals surface area contributed by atoms with E-state index in [-0.39, 0.29) is 11.6 Å². The summed E-state index contributed by atoms with van der Waals surface area (Å²) in [5.74, 6) is 0. The molecule has 0 rings (SSSR count). The Morgan fingerprint density at radius 3 is 2.00 bits per heavy atom. The Labute approximate surface area is 93.1 Å². The van der Waals surface area contributed by atoms with E-state index in [2.05, 4.69) is 10.2 Å². The topological polar surface area (TPSA) is 43.2 Å². The van der Waals surface area contributed by atoms with Gasteiger partial charge in [0.25, 0.3) is 0 Å². The molecule has 0 amide bonds. The van der Waals surface area contributed by atoms with Gasteiger partial charge in [-0.3, -0.25) is 0 Å². The molecule has 15 heavy (non-hydrogen) atoms. The van der Waals surface area contributed by atoms with Crippen molar-refractivity contribution in [3.8, 4) is 0 Å². The van der Waals surface area contributed by atoms with E-state index in [0.29, 0.717) is 0 Å². The Morgan fingerprint density at radius 1 is 1.07 bits per heavy atom. The van der Waals surface area contributed by atoms with Gasteiger partial charge in [-0.1, -0.05) is 0 Å². The highest BCUT2D eigenvalue weighted by Crippen LogP contribution is 2.19. The van der Waals surface area contributed by atoms with Gasteiger partial charge in [-0.25, -0.2) is 0 Å². The molecule has 4 nitrogen and oxygen atoms in total. The number of rotatable bonds is 6. The first-order valence-electron chi connectivity index (χ1n) is 5.25. The lowest BCUT2D eigenvalue weighted by atomic mass is 10.0. The predicted octanol–water partition coefficient (Wildman–Crippen LogP) is 3.02. The molecule has 0 spiro atoms. The number of nitrogens with zero attached hydrogens (tertiary/aromatic N) is 2. The molecule has 0 fully saturated rings. The highest BCUT2D eigenvalue weighted by molar-refractivity contribution is 4.75. The van der Waals surface area contributed by atoms with E-state index in [4.69, 9.17) is 9.47 Å². The predicted molar refractivity (Wildman–Crippen MR) is 61.1 cm³/mol. The van der Waals surface area contributed by atoms with Gasteiger partial charge in [-0.05, 0) is 41.0 Å². The molecular weight excluding hydrogens is 192 g/mol. The number of azo groups is 1. The van der Waals surface area contributed by atoms with Crippen LogP contribution in [0.4, 0.5) is 0 Å². The quantitative estimate of drug-likeness (QED) is 0.640. The first kappa shape index (κ1) is 14.5. The Bertz CT molecular complexity index is 213. The van der Waals surface area contributed by atoms with Crippen molar-refractivity contribution >= 4 is 0 Å². The fourth-order valence-corrected chi connectivity index (χ4v) is 1.11. The number of ether oxygens (including phenoxy) is 2. The van der Waals surface area contributed by atoms with Gasteiger partial charge in [0, 0.05) is 14.2 Å². The molecule has 0 aliphatic carbocycles. The van der Waals surface area contributed by atoms with Gasteiger partial charge < -0.3 is 9.47 Å². The summed E-state index contributed by atoms with van der Waals surface area (Å²) in [6.45, 7) is 9.87. The second-order valence-corrected chi connectivity index (χ2v) is 4.88. The molecule has 90 valence electrons. The third-order valence-corrected chi connectivity index (χ3v) is 2.33. The van der Waals surface area contributed by atoms with Gasteiger partial charge >= 0.3 is 0 Å². The van der Waals surface area contributed by atoms with E-state index in [9.17, 15) is 0 Å². The van der Waals surface area contributed by atoms with Crippen LogP contribution in [0.1, 0.15) is 41.0 Å². The van der Waals surface area contributed by atoms with Gasteiger partial charge in [0.1, 0.15) is 0 Å². The highest BCUT2D eigenvalue weighted by atomic mass is 16.5. The van der Waals surface area contributed by atoms with Gasteiger partial charge in [0.05, 0.1) is 11.6 Å². The molecule has 4 heteroatoms. The molecule has 0 aromatic rings. The molecule has 0 saturated heterocycles. The monoisotopic (exact) mass is 216 g/mol. The lowest BCUT2D eigenvalue weighted by Crippen LogP contribution is -2.27. The number of methoxy groups -OCH3 is 2. The summed E-state index contributed by atoms with van der Waals surface area (Å²) in [5, 5.41) is 8.36. The maximum absolute atomic E-state index is 5.33. The second-order valence-electron chi connectivity index (χ2n) is 4.88. The lowest BCUT2D eigenvalue weighted by molar-refractivity contribution is 0.00604. The number of hydrogen-bond donors (Lipinski definition) is 0. The van der Waals surface area contributed by atoms with Crippen molar-refractivity contribution in [1.82, 2.24) is 0 Å². The van der Waals surface area contributed by atoms with E-state index >= 15 is 0 Å². The molecule has 0 radical (unpaired) electrons. The molecule has 0 saturated carbocycles. The summed E-state index contributed by atoms with van der Waals surface area (Å²) in [6.07, 6.45) is 0.840. The maximum Gasteiger partial charge on any atom is 0.172 e. The SMILES string of the molecule is COC(C)(C)CC(C)/N=N/C(C)(C)OC. The second kappa shape index (κ2) is 5.56. The summed E-state index contributed by atoms with van der Waals surface area (Å²) in [6, 6.07) is 0.134. The standard InChI is InChI=1S/C11H24N2O2/c1-9(8-10(2,3)14-6)12-13-11(4,5)15-7/h9H,8H2,1-7H3/b13-12+. The normalized spacial score (nSPS) is 15.9. The zero-order valence-corrected chi connectivity index (χ0v) is 11.0. The van der Waals surface area contributed by atoms with E-state index in [1.54, 1.807) is 14.2 Å². The minimum Gasteiger partial charge on any atom is -0.379 e. The van der Waals surface area contributed by atoms with Gasteiger partial charge in [-0.15, -0.1) is 0 Å². The molecule has 0 N–H and O–H groups in total. The van der Waals surface area contributed by atoms with Crippen LogP contribution in [-0.2, 0) is 9.47 Å². The van der Waals surface area contributed by atoms with E-state index in [0.717, 1.165) is 6.42 Å². The fraction of sp³-hybridized carbons (Fsp3) is 1.00. The van der Waals surface area contributed by atoms with Crippen molar-refractivity contribution < 1.29 is 9.47 Å². The summed E-state index contributed by atoms with van der Waals surface area (Å²) >= 11 is 0. The van der Waals surface area contributed by atoms with E-state index in [1.807, 2.05) is 34.6 Å². The Morgan fingerprint density at radius 2 is 1.60 bits per heavy atom. The molecule has 0 bridgehead atoms. The Balaban J connectivity index is 4.20. The number of hydrogen-bond acceptors (Lipinski definition) is 4. The van der Waals surface area contributed by atoms with Gasteiger partial charge in [0.15, 0.2) is 5.72 Å². The molecular formula is C11H24N2O2. The average molecular weight is 216 g/mol. The van der Waals surface area contributed by atoms with E-state index in [1.165, 1.54) is 0 Å². The van der Waals surface area contributed by atoms with Crippen LogP contribution in [0.15, 0.2) is 10.2 Å². The van der Waals surface area contributed by atoms with Crippen molar-refractivity contribution in [2.45, 2.75) is 58.4 Å². The summed E-state index contributed by atoms with van der Waals surface area (Å²) in [7, 11) is 3.34. The molecule has 0 aliphatic rings. The summed E-state index contributed by atoms with van der Waals surface area (Å²) in [4.78, 5) is 0. The van der Waals surface area contributed by atoms with Crippen LogP contribution in [-0.4, -0.2) is 31.6 Å². The smallest absolute Gasteiger partial charge is 0.172 e. The molecule has 0 aliphatic heterocycles. The average Bonchev–Trinajstić information content (AvgIpc) is 2.15. The molecule has 1 atom stereocenters. The minimum absolute atomic E-state index is 0.134. The summed E-state index contributed by atoms with van der Waals surface area (Å²) in [5.41, 5.74) is -0.693. The van der Waals surface area contributed by atoms with Gasteiger partial charge in [-0.2, -0.15) is 10.2 Å². The minimum atomic E-state index is -0.536. The molecule has 0 aromatic carbocycles. The van der Waals surface area contributed by atoms with Crippen molar-refractivity contribution in [3.05, 3.63) is 0 Å². The Hall–Kier alpha value is -0.480. The first-order valence-corrected chi connectivity index (χ1v) is 5.25. The fourth-order valence-electron chi connectivity index (χ4n) is 1.11. The largest absolute Gasteiger partial charge is 0.379 e. The van der Waals surface area contributed by atoms with Crippen LogP contribution >= 0.6 is 0 Å². The molecule has 0 aromatic heterocycles. The molecule has 0 heterocycles. The zero-order valence-electron chi connectivity index (χ0n) is 11.0. The third-order valence-electron chi connectivity index (χ3n) is 2.33. The lowest BCUT2D eigenvalue weighted by Gasteiger charge is -2.25. The first-order chi connectivity index (χ1) is 6.72. The van der Waals surface area contributed by atoms with Crippen LogP contribution in [0.5, 0.6) is 0 Å². The highest BCUT2D eigenvalue weighted by Gasteiger charge is 2.21. The van der Waals surface area contributed by atoms with Crippen LogP contribution < -0.4 is 0 Å². The van der Waals surface area contributed by atoms with Gasteiger partial charge in [0.2, 0.25) is 0 Å². The van der Waals surface area contributed by atoms with E-state index < -0.39 is 5.72 Å².